The van der Waals surface area contributed by atoms with E-state index in [1.54, 1.807) is 13.1 Å². The number of ether oxygens (including phenoxy) is 2. The number of piperidine rings is 1. The molecule has 1 saturated heterocycles. The van der Waals surface area contributed by atoms with Crippen LogP contribution in [0.15, 0.2) is 36.4 Å². The van der Waals surface area contributed by atoms with Crippen molar-refractivity contribution in [2.45, 2.75) is 51.2 Å². The number of likely N-dealkylation sites (tertiary alicyclic amines) is 1. The van der Waals surface area contributed by atoms with Gasteiger partial charge in [-0.3, -0.25) is 8.86 Å². The van der Waals surface area contributed by atoms with Crippen LogP contribution in [0.1, 0.15) is 38.7 Å². The van der Waals surface area contributed by atoms with Crippen molar-refractivity contribution in [1.29, 1.82) is 0 Å². The summed E-state index contributed by atoms with van der Waals surface area (Å²) >= 11 is 3.88. The highest BCUT2D eigenvalue weighted by Gasteiger charge is 2.33. The number of nitrogens with one attached hydrogen (secondary N) is 1. The van der Waals surface area contributed by atoms with Gasteiger partial charge < -0.3 is 19.7 Å². The van der Waals surface area contributed by atoms with Gasteiger partial charge in [-0.1, -0.05) is 11.6 Å². The lowest BCUT2D eigenvalue weighted by Gasteiger charge is -2.32. The fourth-order valence-electron chi connectivity index (χ4n) is 4.59. The molecule has 0 bridgehead atoms. The average molecular weight is 508 g/mol. The Labute approximate surface area is 209 Å². The zero-order valence-corrected chi connectivity index (χ0v) is 21.6. The molecule has 7 nitrogen and oxygen atoms in total. The van der Waals surface area contributed by atoms with Crippen LogP contribution in [0.25, 0.3) is 0 Å². The Hall–Kier alpha value is -2.00. The number of fused-ring (bicyclic) bond motifs is 1. The van der Waals surface area contributed by atoms with Gasteiger partial charge in [0.1, 0.15) is 5.60 Å². The minimum Gasteiger partial charge on any atom is -0.490 e. The van der Waals surface area contributed by atoms with Gasteiger partial charge in [0.15, 0.2) is 11.5 Å². The zero-order valence-electron chi connectivity index (χ0n) is 20.1. The molecule has 1 fully saturated rings. The fourth-order valence-corrected chi connectivity index (χ4v) is 5.01. The second-order valence-electron chi connectivity index (χ2n) is 9.67. The molecule has 9 heteroatoms. The Morgan fingerprint density at radius 3 is 2.65 bits per heavy atom. The highest BCUT2D eigenvalue weighted by molar-refractivity contribution is 7.80. The molecule has 0 saturated carbocycles. The van der Waals surface area contributed by atoms with Gasteiger partial charge in [-0.15, -0.1) is 0 Å². The van der Waals surface area contributed by atoms with Crippen LogP contribution in [-0.4, -0.2) is 58.6 Å². The summed E-state index contributed by atoms with van der Waals surface area (Å²) in [6, 6.07) is 12.1. The summed E-state index contributed by atoms with van der Waals surface area (Å²) in [4.78, 5) is 2.48. The van der Waals surface area contributed by atoms with E-state index in [1.807, 2.05) is 44.2 Å². The molecular formula is C25H34ClN3O4S. The van der Waals surface area contributed by atoms with Crippen molar-refractivity contribution < 1.29 is 18.2 Å². The number of hydrogen-bond donors (Lipinski definition) is 2. The second kappa shape index (κ2) is 10.7. The lowest BCUT2D eigenvalue weighted by atomic mass is 10.0. The molecule has 2 aromatic rings. The molecule has 0 aromatic heterocycles. The van der Waals surface area contributed by atoms with Crippen molar-refractivity contribution >= 4 is 34.2 Å². The summed E-state index contributed by atoms with van der Waals surface area (Å²) in [5, 5.41) is 4.36. The van der Waals surface area contributed by atoms with Gasteiger partial charge in [0.2, 0.25) is 0 Å². The zero-order chi connectivity index (χ0) is 24.3. The average Bonchev–Trinajstić information content (AvgIpc) is 3.12. The summed E-state index contributed by atoms with van der Waals surface area (Å²) in [7, 11) is 1.59. The van der Waals surface area contributed by atoms with E-state index in [2.05, 4.69) is 10.2 Å². The van der Waals surface area contributed by atoms with Crippen LogP contribution in [0.5, 0.6) is 11.5 Å². The van der Waals surface area contributed by atoms with Crippen molar-refractivity contribution in [3.8, 4) is 11.5 Å². The Morgan fingerprint density at radius 1 is 1.26 bits per heavy atom. The number of halogens is 1. The van der Waals surface area contributed by atoms with Crippen molar-refractivity contribution in [1.82, 2.24) is 4.90 Å². The number of hydrogen-bond acceptors (Lipinski definition) is 5. The molecule has 1 unspecified atom stereocenters. The summed E-state index contributed by atoms with van der Waals surface area (Å²) in [5.41, 5.74) is 2.45. The third kappa shape index (κ3) is 6.36. The third-order valence-corrected chi connectivity index (χ3v) is 7.32. The first kappa shape index (κ1) is 25.1. The quantitative estimate of drug-likeness (QED) is 0.368. The highest BCUT2D eigenvalue weighted by atomic mass is 35.5. The molecule has 0 spiro atoms. The molecule has 2 aliphatic rings. The summed E-state index contributed by atoms with van der Waals surface area (Å²) in [6.07, 6.45) is 3.84. The Morgan fingerprint density at radius 2 is 1.97 bits per heavy atom. The molecule has 0 amide bonds. The first-order chi connectivity index (χ1) is 16.2. The predicted molar refractivity (Wildman–Crippen MR) is 139 cm³/mol. The Bertz CT molecular complexity index is 1010. The first-order valence-electron chi connectivity index (χ1n) is 11.8. The maximum absolute atomic E-state index is 11.6. The van der Waals surface area contributed by atoms with E-state index in [4.69, 9.17) is 21.1 Å². The van der Waals surface area contributed by atoms with Crippen LogP contribution in [0.4, 0.5) is 11.4 Å². The van der Waals surface area contributed by atoms with Crippen LogP contribution in [0.3, 0.4) is 0 Å². The van der Waals surface area contributed by atoms with Gasteiger partial charge in [0.25, 0.3) is 11.3 Å². The molecule has 2 N–H and O–H groups in total. The SMILES string of the molecule is CN(c1cc2c(c(OCCCN3CCC(Nc4ccc(Cl)cc4)CC3)c1)OC(C)(C)C2)S(=O)O. The molecule has 2 aliphatic heterocycles. The maximum Gasteiger partial charge on any atom is 0.261 e. The Balaban J connectivity index is 1.26. The largest absolute Gasteiger partial charge is 0.490 e. The van der Waals surface area contributed by atoms with Crippen LogP contribution in [0.2, 0.25) is 5.02 Å². The van der Waals surface area contributed by atoms with Gasteiger partial charge >= 0.3 is 0 Å². The normalized spacial score (nSPS) is 18.7. The number of anilines is 2. The molecule has 186 valence electrons. The van der Waals surface area contributed by atoms with Gasteiger partial charge in [0.05, 0.1) is 12.3 Å². The Kier molecular flexibility index (Phi) is 7.92. The molecule has 2 aromatic carbocycles. The van der Waals surface area contributed by atoms with Crippen molar-refractivity contribution in [3.05, 3.63) is 47.0 Å². The van der Waals surface area contributed by atoms with Crippen molar-refractivity contribution in [2.24, 2.45) is 0 Å². The summed E-state index contributed by atoms with van der Waals surface area (Å²) < 4.78 is 34.6. The molecule has 4 rings (SSSR count). The van der Waals surface area contributed by atoms with Gasteiger partial charge in [0, 0.05) is 61.5 Å². The number of rotatable bonds is 9. The molecule has 0 aliphatic carbocycles. The molecule has 34 heavy (non-hydrogen) atoms. The van der Waals surface area contributed by atoms with Crippen LogP contribution in [0, 0.1) is 0 Å². The molecular weight excluding hydrogens is 474 g/mol. The minimum absolute atomic E-state index is 0.319. The lowest BCUT2D eigenvalue weighted by molar-refractivity contribution is 0.131. The van der Waals surface area contributed by atoms with Crippen molar-refractivity contribution in [2.75, 3.05) is 42.9 Å². The molecule has 2 heterocycles. The number of benzene rings is 2. The van der Waals surface area contributed by atoms with E-state index in [1.165, 1.54) is 4.31 Å². The summed E-state index contributed by atoms with van der Waals surface area (Å²) in [5.74, 6) is 1.39. The first-order valence-corrected chi connectivity index (χ1v) is 13.2. The van der Waals surface area contributed by atoms with E-state index in [-0.39, 0.29) is 5.60 Å². The topological polar surface area (TPSA) is 74.3 Å². The van der Waals surface area contributed by atoms with Crippen molar-refractivity contribution in [3.63, 3.8) is 0 Å². The second-order valence-corrected chi connectivity index (χ2v) is 11.1. The molecule has 1 atom stereocenters. The lowest BCUT2D eigenvalue weighted by Crippen LogP contribution is -2.39. The van der Waals surface area contributed by atoms with Gasteiger partial charge in [-0.25, -0.2) is 4.21 Å². The summed E-state index contributed by atoms with van der Waals surface area (Å²) in [6.45, 7) is 7.73. The van der Waals surface area contributed by atoms with E-state index < -0.39 is 11.3 Å². The standard InChI is InChI=1S/C25H34ClN3O4S/c1-25(2)17-18-15-22(28(3)34(30)31)16-23(24(18)33-25)32-14-4-11-29-12-9-21(10-13-29)27-20-7-5-19(26)6-8-20/h5-8,15-16,21,27H,4,9-14,17H2,1-3H3,(H,30,31). The van der Waals surface area contributed by atoms with E-state index >= 15 is 0 Å². The van der Waals surface area contributed by atoms with E-state index in [9.17, 15) is 8.76 Å². The van der Waals surface area contributed by atoms with Gasteiger partial charge in [-0.05, 0) is 63.4 Å². The number of nitrogens with zero attached hydrogens (tertiary/aromatic N) is 2. The smallest absolute Gasteiger partial charge is 0.261 e. The van der Waals surface area contributed by atoms with E-state index in [0.717, 1.165) is 67.3 Å². The van der Waals surface area contributed by atoms with Gasteiger partial charge in [-0.2, -0.15) is 0 Å². The molecule has 0 radical (unpaired) electrons. The monoisotopic (exact) mass is 507 g/mol. The maximum atomic E-state index is 11.6. The van der Waals surface area contributed by atoms with Crippen LogP contribution in [-0.2, 0) is 17.7 Å². The highest BCUT2D eigenvalue weighted by Crippen LogP contribution is 2.44. The van der Waals surface area contributed by atoms with Crippen LogP contribution >= 0.6 is 11.6 Å². The van der Waals surface area contributed by atoms with Crippen LogP contribution < -0.4 is 19.1 Å². The third-order valence-electron chi connectivity index (χ3n) is 6.39. The van der Waals surface area contributed by atoms with E-state index in [0.29, 0.717) is 24.1 Å². The fraction of sp³-hybridized carbons (Fsp3) is 0.520. The predicted octanol–water partition coefficient (Wildman–Crippen LogP) is 4.97. The minimum atomic E-state index is -2.09.